The first-order chi connectivity index (χ1) is 12.8. The molecule has 2 saturated heterocycles. The van der Waals surface area contributed by atoms with Crippen molar-refractivity contribution in [2.75, 3.05) is 19.8 Å². The van der Waals surface area contributed by atoms with Crippen LogP contribution in [0, 0.1) is 5.92 Å². The second-order valence-electron chi connectivity index (χ2n) is 6.87. The number of amides is 1. The summed E-state index contributed by atoms with van der Waals surface area (Å²) in [6, 6.07) is 4.82. The van der Waals surface area contributed by atoms with Crippen molar-refractivity contribution in [3.63, 3.8) is 0 Å². The van der Waals surface area contributed by atoms with Crippen LogP contribution in [0.1, 0.15) is 11.3 Å². The van der Waals surface area contributed by atoms with Gasteiger partial charge in [-0.25, -0.2) is 4.98 Å². The summed E-state index contributed by atoms with van der Waals surface area (Å²) in [4.78, 5) is 18.9. The third kappa shape index (κ3) is 3.59. The van der Waals surface area contributed by atoms with E-state index in [0.717, 1.165) is 12.1 Å². The van der Waals surface area contributed by atoms with Gasteiger partial charge in [0.1, 0.15) is 5.01 Å². The highest BCUT2D eigenvalue weighted by Crippen LogP contribution is 2.32. The van der Waals surface area contributed by atoms with Crippen molar-refractivity contribution in [3.05, 3.63) is 40.9 Å². The molecule has 2 aliphatic heterocycles. The van der Waals surface area contributed by atoms with Gasteiger partial charge >= 0.3 is 6.18 Å². The fourth-order valence-electron chi connectivity index (χ4n) is 3.65. The van der Waals surface area contributed by atoms with Gasteiger partial charge in [0.15, 0.2) is 0 Å². The van der Waals surface area contributed by atoms with Gasteiger partial charge in [-0.15, -0.1) is 11.3 Å². The highest BCUT2D eigenvalue weighted by Gasteiger charge is 2.45. The number of alkyl halides is 3. The van der Waals surface area contributed by atoms with E-state index in [0.29, 0.717) is 36.0 Å². The molecule has 0 aliphatic carbocycles. The van der Waals surface area contributed by atoms with Crippen LogP contribution >= 0.6 is 11.3 Å². The van der Waals surface area contributed by atoms with E-state index in [1.54, 1.807) is 10.3 Å². The fraction of sp³-hybridized carbons (Fsp3) is 0.444. The Bertz CT molecular complexity index is 837. The van der Waals surface area contributed by atoms with Crippen molar-refractivity contribution in [1.29, 1.82) is 0 Å². The number of benzene rings is 1. The number of nitrogens with zero attached hydrogens (tertiary/aromatic N) is 2. The molecule has 2 N–H and O–H groups in total. The fourth-order valence-corrected chi connectivity index (χ4v) is 4.48. The summed E-state index contributed by atoms with van der Waals surface area (Å²) in [6.45, 7) is 1.62. The van der Waals surface area contributed by atoms with Gasteiger partial charge in [0, 0.05) is 29.4 Å². The van der Waals surface area contributed by atoms with Crippen LogP contribution < -0.4 is 5.73 Å². The van der Waals surface area contributed by atoms with Crippen LogP contribution in [0.2, 0.25) is 0 Å². The third-order valence-electron chi connectivity index (χ3n) is 5.11. The molecule has 3 unspecified atom stereocenters. The number of hydrogen-bond donors (Lipinski definition) is 1. The molecule has 0 radical (unpaired) electrons. The summed E-state index contributed by atoms with van der Waals surface area (Å²) in [7, 11) is 0. The number of carbonyl (C=O) groups is 1. The summed E-state index contributed by atoms with van der Waals surface area (Å²) in [6.07, 6.45) is -4.22. The maximum absolute atomic E-state index is 12.7. The molecular formula is C18H18F3N3O2S. The Balaban J connectivity index is 1.44. The molecular weight excluding hydrogens is 379 g/mol. The van der Waals surface area contributed by atoms with E-state index >= 15 is 0 Å². The van der Waals surface area contributed by atoms with Crippen LogP contribution in [0.25, 0.3) is 10.6 Å². The first-order valence-electron chi connectivity index (χ1n) is 8.58. The lowest BCUT2D eigenvalue weighted by molar-refractivity contribution is -0.137. The maximum atomic E-state index is 12.7. The van der Waals surface area contributed by atoms with E-state index in [-0.39, 0.29) is 30.3 Å². The topological polar surface area (TPSA) is 68.5 Å². The molecule has 1 amide bonds. The van der Waals surface area contributed by atoms with Gasteiger partial charge < -0.3 is 15.4 Å². The number of likely N-dealkylation sites (tertiary alicyclic amines) is 1. The Morgan fingerprint density at radius 3 is 2.74 bits per heavy atom. The van der Waals surface area contributed by atoms with E-state index in [1.807, 2.05) is 0 Å². The summed E-state index contributed by atoms with van der Waals surface area (Å²) < 4.78 is 43.4. The molecule has 4 rings (SSSR count). The van der Waals surface area contributed by atoms with E-state index in [1.165, 1.54) is 23.5 Å². The molecule has 144 valence electrons. The highest BCUT2D eigenvalue weighted by molar-refractivity contribution is 7.13. The number of halogens is 3. The SMILES string of the molecule is NC1CN(C(=O)Cc2csc(-c3ccc(C(F)(F)F)cc3)n2)C2COCC12. The number of aromatic nitrogens is 1. The lowest BCUT2D eigenvalue weighted by Crippen LogP contribution is -2.39. The Labute approximate surface area is 157 Å². The molecule has 2 fully saturated rings. The van der Waals surface area contributed by atoms with E-state index in [9.17, 15) is 18.0 Å². The Hall–Kier alpha value is -1.97. The molecule has 0 saturated carbocycles. The van der Waals surface area contributed by atoms with Gasteiger partial charge in [0.2, 0.25) is 5.91 Å². The maximum Gasteiger partial charge on any atom is 0.416 e. The summed E-state index contributed by atoms with van der Waals surface area (Å²) in [5.41, 5.74) is 6.60. The van der Waals surface area contributed by atoms with Crippen LogP contribution in [0.4, 0.5) is 13.2 Å². The molecule has 2 aliphatic rings. The predicted molar refractivity (Wildman–Crippen MR) is 94.0 cm³/mol. The second-order valence-corrected chi connectivity index (χ2v) is 7.73. The normalized spacial score (nSPS) is 25.0. The van der Waals surface area contributed by atoms with Gasteiger partial charge in [0.25, 0.3) is 0 Å². The Morgan fingerprint density at radius 2 is 2.04 bits per heavy atom. The van der Waals surface area contributed by atoms with Gasteiger partial charge in [-0.3, -0.25) is 4.79 Å². The highest BCUT2D eigenvalue weighted by atomic mass is 32.1. The predicted octanol–water partition coefficient (Wildman–Crippen LogP) is 2.56. The minimum atomic E-state index is -4.36. The van der Waals surface area contributed by atoms with Crippen molar-refractivity contribution >= 4 is 17.2 Å². The largest absolute Gasteiger partial charge is 0.416 e. The molecule has 5 nitrogen and oxygen atoms in total. The van der Waals surface area contributed by atoms with Crippen molar-refractivity contribution in [3.8, 4) is 10.6 Å². The number of fused-ring (bicyclic) bond motifs is 1. The monoisotopic (exact) mass is 397 g/mol. The summed E-state index contributed by atoms with van der Waals surface area (Å²) in [5, 5.41) is 2.36. The number of nitrogens with two attached hydrogens (primary N) is 1. The summed E-state index contributed by atoms with van der Waals surface area (Å²) in [5.74, 6) is 0.139. The van der Waals surface area contributed by atoms with E-state index in [2.05, 4.69) is 4.98 Å². The lowest BCUT2D eigenvalue weighted by Gasteiger charge is -2.22. The number of ether oxygens (including phenoxy) is 1. The minimum absolute atomic E-state index is 0.0283. The molecule has 2 aromatic rings. The first kappa shape index (κ1) is 18.4. The number of thiazole rings is 1. The summed E-state index contributed by atoms with van der Waals surface area (Å²) >= 11 is 1.31. The molecule has 1 aromatic heterocycles. The quantitative estimate of drug-likeness (QED) is 0.864. The molecule has 1 aromatic carbocycles. The smallest absolute Gasteiger partial charge is 0.379 e. The molecule has 0 bridgehead atoms. The number of carbonyl (C=O) groups excluding carboxylic acids is 1. The minimum Gasteiger partial charge on any atom is -0.379 e. The third-order valence-corrected chi connectivity index (χ3v) is 6.05. The van der Waals surface area contributed by atoms with Crippen molar-refractivity contribution in [2.45, 2.75) is 24.7 Å². The zero-order valence-corrected chi connectivity index (χ0v) is 15.1. The zero-order chi connectivity index (χ0) is 19.2. The standard InChI is InChI=1S/C18H18F3N3O2S/c19-18(20,21)11-3-1-10(2-4-11)17-23-12(9-27-17)5-16(25)24-6-14(22)13-7-26-8-15(13)24/h1-4,9,13-15H,5-8,22H2. The molecule has 3 heterocycles. The van der Waals surface area contributed by atoms with Crippen LogP contribution in [0.5, 0.6) is 0 Å². The number of rotatable bonds is 3. The lowest BCUT2D eigenvalue weighted by atomic mass is 10.0. The Morgan fingerprint density at radius 1 is 1.30 bits per heavy atom. The average molecular weight is 397 g/mol. The van der Waals surface area contributed by atoms with Gasteiger partial charge in [-0.05, 0) is 12.1 Å². The van der Waals surface area contributed by atoms with Gasteiger partial charge in [-0.1, -0.05) is 12.1 Å². The van der Waals surface area contributed by atoms with Crippen LogP contribution in [-0.2, 0) is 22.1 Å². The number of hydrogen-bond acceptors (Lipinski definition) is 5. The van der Waals surface area contributed by atoms with Crippen molar-refractivity contribution in [2.24, 2.45) is 11.7 Å². The van der Waals surface area contributed by atoms with Gasteiger partial charge in [0.05, 0.1) is 36.9 Å². The van der Waals surface area contributed by atoms with E-state index in [4.69, 9.17) is 10.5 Å². The van der Waals surface area contributed by atoms with Crippen LogP contribution in [0.15, 0.2) is 29.6 Å². The first-order valence-corrected chi connectivity index (χ1v) is 9.46. The molecule has 0 spiro atoms. The van der Waals surface area contributed by atoms with Gasteiger partial charge in [-0.2, -0.15) is 13.2 Å². The molecule has 3 atom stereocenters. The molecule has 27 heavy (non-hydrogen) atoms. The Kier molecular flexibility index (Phi) is 4.69. The zero-order valence-electron chi connectivity index (χ0n) is 14.3. The second kappa shape index (κ2) is 6.88. The average Bonchev–Trinajstić information content (AvgIpc) is 3.33. The van der Waals surface area contributed by atoms with Crippen LogP contribution in [-0.4, -0.2) is 47.6 Å². The van der Waals surface area contributed by atoms with Crippen molar-refractivity contribution < 1.29 is 22.7 Å². The molecule has 9 heteroatoms. The van der Waals surface area contributed by atoms with Crippen LogP contribution in [0.3, 0.4) is 0 Å². The van der Waals surface area contributed by atoms with E-state index < -0.39 is 11.7 Å². The van der Waals surface area contributed by atoms with Crippen molar-refractivity contribution in [1.82, 2.24) is 9.88 Å².